The molecular formula is C12H16N4O4. The van der Waals surface area contributed by atoms with Crippen LogP contribution in [-0.4, -0.2) is 31.3 Å². The summed E-state index contributed by atoms with van der Waals surface area (Å²) in [6, 6.07) is 0. The van der Waals surface area contributed by atoms with E-state index in [9.17, 15) is 14.4 Å². The van der Waals surface area contributed by atoms with Crippen molar-refractivity contribution >= 4 is 17.1 Å². The molecule has 0 aliphatic carbocycles. The van der Waals surface area contributed by atoms with Crippen LogP contribution in [0.15, 0.2) is 15.9 Å². The molecule has 2 aromatic heterocycles. The second-order valence-electron chi connectivity index (χ2n) is 4.37. The number of fused-ring (bicyclic) bond motifs is 1. The fourth-order valence-corrected chi connectivity index (χ4v) is 2.01. The molecule has 2 aromatic rings. The molecule has 0 aromatic carbocycles. The summed E-state index contributed by atoms with van der Waals surface area (Å²) in [5.74, 6) is -0.337. The highest BCUT2D eigenvalue weighted by atomic mass is 16.5. The van der Waals surface area contributed by atoms with E-state index in [0.29, 0.717) is 17.8 Å². The molecule has 0 N–H and O–H groups in total. The molecule has 2 rings (SSSR count). The quantitative estimate of drug-likeness (QED) is 0.697. The van der Waals surface area contributed by atoms with Crippen molar-refractivity contribution in [2.45, 2.75) is 19.9 Å². The maximum atomic E-state index is 12.1. The van der Waals surface area contributed by atoms with Crippen LogP contribution in [0.1, 0.15) is 13.3 Å². The molecule has 8 heteroatoms. The van der Waals surface area contributed by atoms with E-state index in [2.05, 4.69) is 4.98 Å². The average Bonchev–Trinajstić information content (AvgIpc) is 2.85. The van der Waals surface area contributed by atoms with Crippen molar-refractivity contribution in [2.24, 2.45) is 14.1 Å². The summed E-state index contributed by atoms with van der Waals surface area (Å²) < 4.78 is 8.72. The minimum Gasteiger partial charge on any atom is -0.466 e. The van der Waals surface area contributed by atoms with Gasteiger partial charge in [-0.25, -0.2) is 9.78 Å². The molecule has 0 atom stereocenters. The van der Waals surface area contributed by atoms with Gasteiger partial charge in [-0.15, -0.1) is 0 Å². The molecule has 0 spiro atoms. The number of hydrogen-bond donors (Lipinski definition) is 0. The van der Waals surface area contributed by atoms with Gasteiger partial charge < -0.3 is 9.30 Å². The SMILES string of the molecule is CCOC(=O)CCn1cnc2c1c(=O)n(C)c(=O)n2C. The lowest BCUT2D eigenvalue weighted by Crippen LogP contribution is -2.37. The van der Waals surface area contributed by atoms with Gasteiger partial charge in [-0.1, -0.05) is 0 Å². The van der Waals surface area contributed by atoms with Crippen molar-refractivity contribution in [3.8, 4) is 0 Å². The minimum absolute atomic E-state index is 0.144. The van der Waals surface area contributed by atoms with Crippen LogP contribution in [0.2, 0.25) is 0 Å². The molecule has 0 unspecified atom stereocenters. The molecule has 20 heavy (non-hydrogen) atoms. The van der Waals surface area contributed by atoms with E-state index in [-0.39, 0.29) is 18.9 Å². The van der Waals surface area contributed by atoms with Gasteiger partial charge in [-0.05, 0) is 6.92 Å². The minimum atomic E-state index is -0.432. The molecule has 108 valence electrons. The fourth-order valence-electron chi connectivity index (χ4n) is 2.01. The Morgan fingerprint density at radius 2 is 2.00 bits per heavy atom. The summed E-state index contributed by atoms with van der Waals surface area (Å²) in [6.07, 6.45) is 1.59. The van der Waals surface area contributed by atoms with Gasteiger partial charge in [0, 0.05) is 20.6 Å². The molecule has 0 aliphatic rings. The van der Waals surface area contributed by atoms with Crippen LogP contribution in [0.4, 0.5) is 0 Å². The summed E-state index contributed by atoms with van der Waals surface area (Å²) in [7, 11) is 2.96. The summed E-state index contributed by atoms with van der Waals surface area (Å²) in [6.45, 7) is 2.33. The highest BCUT2D eigenvalue weighted by Crippen LogP contribution is 2.06. The van der Waals surface area contributed by atoms with E-state index in [0.717, 1.165) is 4.57 Å². The monoisotopic (exact) mass is 280 g/mol. The highest BCUT2D eigenvalue weighted by molar-refractivity contribution is 5.71. The first kappa shape index (κ1) is 14.0. The molecular weight excluding hydrogens is 264 g/mol. The lowest BCUT2D eigenvalue weighted by molar-refractivity contribution is -0.143. The van der Waals surface area contributed by atoms with E-state index in [1.54, 1.807) is 18.5 Å². The Labute approximate surface area is 114 Å². The Hall–Kier alpha value is -2.38. The number of imidazole rings is 1. The number of nitrogens with zero attached hydrogens (tertiary/aromatic N) is 4. The number of rotatable bonds is 4. The molecule has 0 saturated heterocycles. The number of carbonyl (C=O) groups excluding carboxylic acids is 1. The Balaban J connectivity index is 2.45. The predicted octanol–water partition coefficient (Wildman–Crippen LogP) is -0.613. The Morgan fingerprint density at radius 3 is 2.65 bits per heavy atom. The third-order valence-corrected chi connectivity index (χ3v) is 3.08. The normalized spacial score (nSPS) is 10.9. The lowest BCUT2D eigenvalue weighted by atomic mass is 10.4. The number of hydrogen-bond acceptors (Lipinski definition) is 5. The van der Waals surface area contributed by atoms with E-state index in [1.165, 1.54) is 17.9 Å². The number of carbonyl (C=O) groups is 1. The lowest BCUT2D eigenvalue weighted by Gasteiger charge is -2.06. The zero-order valence-corrected chi connectivity index (χ0v) is 11.6. The van der Waals surface area contributed by atoms with Crippen molar-refractivity contribution in [3.05, 3.63) is 27.2 Å². The van der Waals surface area contributed by atoms with E-state index >= 15 is 0 Å². The molecule has 0 aliphatic heterocycles. The Morgan fingerprint density at radius 1 is 1.30 bits per heavy atom. The van der Waals surface area contributed by atoms with Crippen LogP contribution in [0, 0.1) is 0 Å². The molecule has 0 amide bonds. The standard InChI is InChI=1S/C12H16N4O4/c1-4-20-8(17)5-6-16-7-13-10-9(16)11(18)15(3)12(19)14(10)2/h7H,4-6H2,1-3H3. The number of esters is 1. The van der Waals surface area contributed by atoms with Crippen LogP contribution in [0.5, 0.6) is 0 Å². The average molecular weight is 280 g/mol. The maximum Gasteiger partial charge on any atom is 0.332 e. The van der Waals surface area contributed by atoms with Crippen molar-refractivity contribution in [1.29, 1.82) is 0 Å². The first-order chi connectivity index (χ1) is 9.47. The number of aromatic nitrogens is 4. The third kappa shape index (κ3) is 2.24. The van der Waals surface area contributed by atoms with Gasteiger partial charge in [0.25, 0.3) is 5.56 Å². The van der Waals surface area contributed by atoms with Crippen LogP contribution in [0.3, 0.4) is 0 Å². The van der Waals surface area contributed by atoms with Crippen molar-refractivity contribution < 1.29 is 9.53 Å². The highest BCUT2D eigenvalue weighted by Gasteiger charge is 2.14. The number of aryl methyl sites for hydroxylation is 2. The largest absolute Gasteiger partial charge is 0.466 e. The molecule has 8 nitrogen and oxygen atoms in total. The second-order valence-corrected chi connectivity index (χ2v) is 4.37. The van der Waals surface area contributed by atoms with Gasteiger partial charge in [0.1, 0.15) is 0 Å². The van der Waals surface area contributed by atoms with Crippen LogP contribution >= 0.6 is 0 Å². The molecule has 0 saturated carbocycles. The van der Waals surface area contributed by atoms with Crippen molar-refractivity contribution in [1.82, 2.24) is 18.7 Å². The second kappa shape index (κ2) is 5.32. The smallest absolute Gasteiger partial charge is 0.332 e. The Kier molecular flexibility index (Phi) is 3.73. The van der Waals surface area contributed by atoms with Gasteiger partial charge in [-0.3, -0.25) is 18.7 Å². The van der Waals surface area contributed by atoms with E-state index in [4.69, 9.17) is 4.74 Å². The number of ether oxygens (including phenoxy) is 1. The summed E-state index contributed by atoms with van der Waals surface area (Å²) in [5.41, 5.74) is -0.247. The maximum absolute atomic E-state index is 12.1. The van der Waals surface area contributed by atoms with Crippen LogP contribution < -0.4 is 11.2 Å². The van der Waals surface area contributed by atoms with Gasteiger partial charge in [0.05, 0.1) is 19.4 Å². The van der Waals surface area contributed by atoms with Crippen LogP contribution in [0.25, 0.3) is 11.2 Å². The summed E-state index contributed by atoms with van der Waals surface area (Å²) >= 11 is 0. The third-order valence-electron chi connectivity index (χ3n) is 3.08. The fraction of sp³-hybridized carbons (Fsp3) is 0.500. The molecule has 0 fully saturated rings. The summed E-state index contributed by atoms with van der Waals surface area (Å²) in [5, 5.41) is 0. The van der Waals surface area contributed by atoms with E-state index < -0.39 is 11.2 Å². The first-order valence-corrected chi connectivity index (χ1v) is 6.23. The van der Waals surface area contributed by atoms with Gasteiger partial charge in [-0.2, -0.15) is 0 Å². The molecule has 2 heterocycles. The van der Waals surface area contributed by atoms with Gasteiger partial charge in [0.2, 0.25) is 0 Å². The summed E-state index contributed by atoms with van der Waals surface area (Å²) in [4.78, 5) is 39.3. The topological polar surface area (TPSA) is 88.1 Å². The van der Waals surface area contributed by atoms with Gasteiger partial charge >= 0.3 is 11.7 Å². The molecule has 0 radical (unpaired) electrons. The van der Waals surface area contributed by atoms with Gasteiger partial charge in [0.15, 0.2) is 11.2 Å². The Bertz CT molecular complexity index is 768. The van der Waals surface area contributed by atoms with Crippen molar-refractivity contribution in [3.63, 3.8) is 0 Å². The van der Waals surface area contributed by atoms with E-state index in [1.807, 2.05) is 0 Å². The molecule has 0 bridgehead atoms. The van der Waals surface area contributed by atoms with Crippen molar-refractivity contribution in [2.75, 3.05) is 6.61 Å². The van der Waals surface area contributed by atoms with Crippen LogP contribution in [-0.2, 0) is 30.2 Å². The first-order valence-electron chi connectivity index (χ1n) is 6.23. The zero-order chi connectivity index (χ0) is 14.9. The predicted molar refractivity (Wildman–Crippen MR) is 71.5 cm³/mol. The zero-order valence-electron chi connectivity index (χ0n) is 11.6.